The number of hydrogen-bond acceptors (Lipinski definition) is 6. The number of hydrogen-bond donors (Lipinski definition) is 0. The minimum Gasteiger partial charge on any atom is -0.376 e. The van der Waals surface area contributed by atoms with Gasteiger partial charge in [-0.25, -0.2) is 13.4 Å². The Balaban J connectivity index is 1.71. The molecule has 1 atom stereocenters. The third kappa shape index (κ3) is 4.30. The summed E-state index contributed by atoms with van der Waals surface area (Å²) in [5.74, 6) is -0.254. The van der Waals surface area contributed by atoms with Gasteiger partial charge in [-0.2, -0.15) is 0 Å². The van der Waals surface area contributed by atoms with E-state index in [-0.39, 0.29) is 16.9 Å². The van der Waals surface area contributed by atoms with Gasteiger partial charge >= 0.3 is 0 Å². The van der Waals surface area contributed by atoms with Crippen LogP contribution in [0.1, 0.15) is 23.2 Å². The number of nitrogens with zero attached hydrogens (tertiary/aromatic N) is 2. The topological polar surface area (TPSA) is 76.6 Å². The van der Waals surface area contributed by atoms with Gasteiger partial charge in [-0.15, -0.1) is 0 Å². The highest BCUT2D eigenvalue weighted by atomic mass is 35.5. The summed E-state index contributed by atoms with van der Waals surface area (Å²) in [7, 11) is -3.33. The smallest absolute Gasteiger partial charge is 0.260 e. The van der Waals surface area contributed by atoms with E-state index in [1.54, 1.807) is 11.0 Å². The van der Waals surface area contributed by atoms with Gasteiger partial charge in [0.05, 0.1) is 27.3 Å². The van der Waals surface area contributed by atoms with E-state index in [4.69, 9.17) is 16.3 Å². The molecule has 0 radical (unpaired) electrons. The highest BCUT2D eigenvalue weighted by Crippen LogP contribution is 2.34. The van der Waals surface area contributed by atoms with Crippen LogP contribution >= 0.6 is 22.9 Å². The van der Waals surface area contributed by atoms with Crippen LogP contribution in [0.4, 0.5) is 5.13 Å². The Labute approximate surface area is 178 Å². The SMILES string of the molecule is CS(=O)(=O)c1ccc(C(=O)N(CC2CCCO2)c2nc3c(Cl)cccc3s2)cc1. The molecule has 1 amide bonds. The maximum atomic E-state index is 13.3. The number of carbonyl (C=O) groups is 1. The van der Waals surface area contributed by atoms with E-state index in [0.717, 1.165) is 23.8 Å². The van der Waals surface area contributed by atoms with Gasteiger partial charge in [-0.1, -0.05) is 29.0 Å². The second-order valence-corrected chi connectivity index (χ2v) is 10.4. The lowest BCUT2D eigenvalue weighted by Gasteiger charge is -2.23. The van der Waals surface area contributed by atoms with Crippen molar-refractivity contribution < 1.29 is 17.9 Å². The van der Waals surface area contributed by atoms with E-state index >= 15 is 0 Å². The fourth-order valence-corrected chi connectivity index (χ4v) is 5.16. The lowest BCUT2D eigenvalue weighted by Crippen LogP contribution is -2.37. The first-order valence-corrected chi connectivity index (χ1v) is 12.2. The zero-order valence-corrected chi connectivity index (χ0v) is 18.1. The summed E-state index contributed by atoms with van der Waals surface area (Å²) in [5.41, 5.74) is 1.05. The maximum absolute atomic E-state index is 13.3. The van der Waals surface area contributed by atoms with Gasteiger partial charge in [0.1, 0.15) is 5.52 Å². The minimum atomic E-state index is -3.33. The number of fused-ring (bicyclic) bond motifs is 1. The maximum Gasteiger partial charge on any atom is 0.260 e. The van der Waals surface area contributed by atoms with Crippen LogP contribution in [0.15, 0.2) is 47.4 Å². The molecular weight excluding hydrogens is 432 g/mol. The standard InChI is InChI=1S/C20H19ClN2O4S2/c1-29(25,26)15-9-7-13(8-10-15)19(24)23(12-14-4-3-11-27-14)20-22-18-16(21)5-2-6-17(18)28-20/h2,5-10,14H,3-4,11-12H2,1H3. The van der Waals surface area contributed by atoms with E-state index in [1.807, 2.05) is 12.1 Å². The molecule has 9 heteroatoms. The van der Waals surface area contributed by atoms with E-state index in [2.05, 4.69) is 4.98 Å². The third-order valence-corrected chi connectivity index (χ3v) is 7.25. The molecule has 0 spiro atoms. The Bertz CT molecular complexity index is 1150. The molecule has 0 bridgehead atoms. The molecule has 29 heavy (non-hydrogen) atoms. The highest BCUT2D eigenvalue weighted by Gasteiger charge is 2.27. The predicted octanol–water partition coefficient (Wildman–Crippen LogP) is 4.18. The van der Waals surface area contributed by atoms with E-state index in [0.29, 0.717) is 34.4 Å². The highest BCUT2D eigenvalue weighted by molar-refractivity contribution is 7.90. The number of halogens is 1. The number of carbonyl (C=O) groups excluding carboxylic acids is 1. The van der Waals surface area contributed by atoms with Crippen molar-refractivity contribution in [3.63, 3.8) is 0 Å². The summed E-state index contributed by atoms with van der Waals surface area (Å²) in [5, 5.41) is 1.08. The van der Waals surface area contributed by atoms with Crippen molar-refractivity contribution in [3.8, 4) is 0 Å². The van der Waals surface area contributed by atoms with Crippen LogP contribution in [0.3, 0.4) is 0 Å². The molecule has 152 valence electrons. The number of aromatic nitrogens is 1. The van der Waals surface area contributed by atoms with Gasteiger partial charge in [0.2, 0.25) is 0 Å². The van der Waals surface area contributed by atoms with Crippen molar-refractivity contribution in [1.29, 1.82) is 0 Å². The molecule has 4 rings (SSSR count). The molecule has 1 aliphatic heterocycles. The van der Waals surface area contributed by atoms with Gasteiger partial charge < -0.3 is 4.74 Å². The zero-order chi connectivity index (χ0) is 20.6. The molecule has 1 aromatic heterocycles. The minimum absolute atomic E-state index is 0.0586. The number of thiazole rings is 1. The number of rotatable bonds is 5. The quantitative estimate of drug-likeness (QED) is 0.582. The molecule has 1 aliphatic rings. The van der Waals surface area contributed by atoms with Crippen LogP contribution < -0.4 is 4.90 Å². The first kappa shape index (κ1) is 20.3. The van der Waals surface area contributed by atoms with Gasteiger partial charge in [0, 0.05) is 18.4 Å². The Morgan fingerprint density at radius 1 is 1.28 bits per heavy atom. The first-order valence-electron chi connectivity index (χ1n) is 9.11. The second-order valence-electron chi connectivity index (χ2n) is 6.93. The molecule has 0 N–H and O–H groups in total. The van der Waals surface area contributed by atoms with E-state index < -0.39 is 9.84 Å². The number of para-hydroxylation sites is 1. The number of anilines is 1. The van der Waals surface area contributed by atoms with Crippen LogP contribution in [0, 0.1) is 0 Å². The van der Waals surface area contributed by atoms with Gasteiger partial charge in [-0.3, -0.25) is 9.69 Å². The molecule has 0 aliphatic carbocycles. The van der Waals surface area contributed by atoms with E-state index in [9.17, 15) is 13.2 Å². The molecular formula is C20H19ClN2O4S2. The summed E-state index contributed by atoms with van der Waals surface area (Å²) in [6.45, 7) is 1.06. The average Bonchev–Trinajstić information content (AvgIpc) is 3.35. The molecule has 0 saturated carbocycles. The van der Waals surface area contributed by atoms with Crippen LogP contribution in [0.25, 0.3) is 10.2 Å². The third-order valence-electron chi connectivity index (χ3n) is 4.77. The van der Waals surface area contributed by atoms with Gasteiger partial charge in [0.25, 0.3) is 5.91 Å². The first-order chi connectivity index (χ1) is 13.8. The van der Waals surface area contributed by atoms with Crippen LogP contribution in [-0.4, -0.2) is 44.8 Å². The van der Waals surface area contributed by atoms with Crippen LogP contribution in [0.2, 0.25) is 5.02 Å². The molecule has 6 nitrogen and oxygen atoms in total. The van der Waals surface area contributed by atoms with Crippen molar-refractivity contribution in [2.24, 2.45) is 0 Å². The van der Waals surface area contributed by atoms with Crippen molar-refractivity contribution >= 4 is 54.0 Å². The Morgan fingerprint density at radius 3 is 2.66 bits per heavy atom. The molecule has 3 aromatic rings. The van der Waals surface area contributed by atoms with Crippen molar-refractivity contribution in [2.75, 3.05) is 24.3 Å². The van der Waals surface area contributed by atoms with Crippen LogP contribution in [-0.2, 0) is 14.6 Å². The normalized spacial score (nSPS) is 17.0. The predicted molar refractivity (Wildman–Crippen MR) is 115 cm³/mol. The molecule has 2 aromatic carbocycles. The van der Waals surface area contributed by atoms with Crippen LogP contribution in [0.5, 0.6) is 0 Å². The Morgan fingerprint density at radius 2 is 2.03 bits per heavy atom. The number of amides is 1. The Kier molecular flexibility index (Phi) is 5.61. The summed E-state index contributed by atoms with van der Waals surface area (Å²) in [6.07, 6.45) is 2.92. The monoisotopic (exact) mass is 450 g/mol. The lowest BCUT2D eigenvalue weighted by molar-refractivity contribution is 0.0917. The second kappa shape index (κ2) is 8.02. The fraction of sp³-hybridized carbons (Fsp3) is 0.300. The summed E-state index contributed by atoms with van der Waals surface area (Å²) < 4.78 is 30.0. The molecule has 1 saturated heterocycles. The molecule has 1 fully saturated rings. The van der Waals surface area contributed by atoms with Crippen molar-refractivity contribution in [1.82, 2.24) is 4.98 Å². The summed E-state index contributed by atoms with van der Waals surface area (Å²) in [4.78, 5) is 19.7. The lowest BCUT2D eigenvalue weighted by atomic mass is 10.2. The largest absolute Gasteiger partial charge is 0.376 e. The van der Waals surface area contributed by atoms with Crippen molar-refractivity contribution in [3.05, 3.63) is 53.1 Å². The van der Waals surface area contributed by atoms with Gasteiger partial charge in [-0.05, 0) is 49.2 Å². The number of sulfone groups is 1. The number of ether oxygens (including phenoxy) is 1. The summed E-state index contributed by atoms with van der Waals surface area (Å²) >= 11 is 7.65. The van der Waals surface area contributed by atoms with E-state index in [1.165, 1.54) is 35.6 Å². The average molecular weight is 451 g/mol. The summed E-state index contributed by atoms with van der Waals surface area (Å²) in [6, 6.07) is 11.5. The fourth-order valence-electron chi connectivity index (χ4n) is 3.26. The van der Waals surface area contributed by atoms with Gasteiger partial charge in [0.15, 0.2) is 15.0 Å². The molecule has 1 unspecified atom stereocenters. The molecule has 2 heterocycles. The zero-order valence-electron chi connectivity index (χ0n) is 15.7. The number of benzene rings is 2. The Hall–Kier alpha value is -2.00. The van der Waals surface area contributed by atoms with Crippen molar-refractivity contribution in [2.45, 2.75) is 23.8 Å².